The standard InChI is InChI=1S/C10H11N3S/c1-7-5-8(6-14-7)10-12-4-3-9(11-2)13-10/h3-6H,1-2H3,(H,11,12,13). The van der Waals surface area contributed by atoms with Gasteiger partial charge in [-0.1, -0.05) is 0 Å². The van der Waals surface area contributed by atoms with E-state index in [1.54, 1.807) is 17.5 Å². The maximum atomic E-state index is 4.36. The van der Waals surface area contributed by atoms with Crippen molar-refractivity contribution in [3.63, 3.8) is 0 Å². The zero-order valence-corrected chi connectivity index (χ0v) is 8.93. The van der Waals surface area contributed by atoms with E-state index in [1.165, 1.54) is 4.88 Å². The van der Waals surface area contributed by atoms with Crippen LogP contribution >= 0.6 is 11.3 Å². The lowest BCUT2D eigenvalue weighted by molar-refractivity contribution is 1.17. The molecular weight excluding hydrogens is 194 g/mol. The second-order valence-corrected chi connectivity index (χ2v) is 4.08. The number of anilines is 1. The van der Waals surface area contributed by atoms with Crippen molar-refractivity contribution in [1.82, 2.24) is 9.97 Å². The molecule has 2 aromatic heterocycles. The monoisotopic (exact) mass is 205 g/mol. The maximum Gasteiger partial charge on any atom is 0.162 e. The molecule has 0 amide bonds. The fraction of sp³-hybridized carbons (Fsp3) is 0.200. The highest BCUT2D eigenvalue weighted by molar-refractivity contribution is 7.10. The van der Waals surface area contributed by atoms with Crippen molar-refractivity contribution in [2.75, 3.05) is 12.4 Å². The Morgan fingerprint density at radius 3 is 2.93 bits per heavy atom. The summed E-state index contributed by atoms with van der Waals surface area (Å²) in [5.74, 6) is 1.63. The van der Waals surface area contributed by atoms with Crippen LogP contribution in [-0.2, 0) is 0 Å². The summed E-state index contributed by atoms with van der Waals surface area (Å²) in [7, 11) is 1.85. The van der Waals surface area contributed by atoms with Gasteiger partial charge < -0.3 is 5.32 Å². The summed E-state index contributed by atoms with van der Waals surface area (Å²) in [6.07, 6.45) is 1.77. The van der Waals surface area contributed by atoms with Crippen molar-refractivity contribution in [1.29, 1.82) is 0 Å². The van der Waals surface area contributed by atoms with Crippen molar-refractivity contribution in [2.24, 2.45) is 0 Å². The number of hydrogen-bond donors (Lipinski definition) is 1. The average molecular weight is 205 g/mol. The second-order valence-electron chi connectivity index (χ2n) is 2.96. The molecule has 0 bridgehead atoms. The first-order chi connectivity index (χ1) is 6.79. The van der Waals surface area contributed by atoms with E-state index in [1.807, 2.05) is 13.1 Å². The molecule has 14 heavy (non-hydrogen) atoms. The molecule has 72 valence electrons. The van der Waals surface area contributed by atoms with E-state index in [9.17, 15) is 0 Å². The van der Waals surface area contributed by atoms with Crippen LogP contribution in [0.3, 0.4) is 0 Å². The van der Waals surface area contributed by atoms with Crippen LogP contribution in [0.5, 0.6) is 0 Å². The minimum atomic E-state index is 0.779. The molecule has 3 nitrogen and oxygen atoms in total. The predicted molar refractivity (Wildman–Crippen MR) is 59.6 cm³/mol. The smallest absolute Gasteiger partial charge is 0.162 e. The van der Waals surface area contributed by atoms with Crippen LogP contribution < -0.4 is 5.32 Å². The molecule has 0 saturated heterocycles. The highest BCUT2D eigenvalue weighted by Gasteiger charge is 2.03. The molecule has 0 atom stereocenters. The number of aryl methyl sites for hydroxylation is 1. The highest BCUT2D eigenvalue weighted by Crippen LogP contribution is 2.22. The van der Waals surface area contributed by atoms with Gasteiger partial charge in [0.15, 0.2) is 5.82 Å². The zero-order chi connectivity index (χ0) is 9.97. The molecule has 0 radical (unpaired) electrons. The lowest BCUT2D eigenvalue weighted by atomic mass is 10.3. The third-order valence-electron chi connectivity index (χ3n) is 1.90. The van der Waals surface area contributed by atoms with E-state index in [4.69, 9.17) is 0 Å². The van der Waals surface area contributed by atoms with E-state index in [2.05, 4.69) is 33.7 Å². The van der Waals surface area contributed by atoms with E-state index < -0.39 is 0 Å². The molecule has 0 saturated carbocycles. The van der Waals surface area contributed by atoms with Crippen LogP contribution in [0.2, 0.25) is 0 Å². The van der Waals surface area contributed by atoms with Crippen molar-refractivity contribution in [2.45, 2.75) is 6.92 Å². The van der Waals surface area contributed by atoms with Crippen molar-refractivity contribution < 1.29 is 0 Å². The highest BCUT2D eigenvalue weighted by atomic mass is 32.1. The first kappa shape index (κ1) is 9.15. The number of nitrogens with zero attached hydrogens (tertiary/aromatic N) is 2. The number of hydrogen-bond acceptors (Lipinski definition) is 4. The van der Waals surface area contributed by atoms with Gasteiger partial charge in [0, 0.05) is 29.1 Å². The summed E-state index contributed by atoms with van der Waals surface area (Å²) >= 11 is 1.71. The lowest BCUT2D eigenvalue weighted by Gasteiger charge is -2.00. The number of thiophene rings is 1. The van der Waals surface area contributed by atoms with Crippen molar-refractivity contribution in [3.8, 4) is 11.4 Å². The van der Waals surface area contributed by atoms with E-state index in [0.29, 0.717) is 0 Å². The summed E-state index contributed by atoms with van der Waals surface area (Å²) < 4.78 is 0. The second kappa shape index (κ2) is 3.75. The van der Waals surface area contributed by atoms with Crippen LogP contribution in [0.25, 0.3) is 11.4 Å². The molecule has 0 aliphatic heterocycles. The molecule has 1 N–H and O–H groups in total. The van der Waals surface area contributed by atoms with Gasteiger partial charge in [-0.05, 0) is 19.1 Å². The Labute approximate surface area is 86.8 Å². The van der Waals surface area contributed by atoms with Crippen LogP contribution in [0.1, 0.15) is 4.88 Å². The summed E-state index contributed by atoms with van der Waals surface area (Å²) in [5.41, 5.74) is 1.09. The fourth-order valence-corrected chi connectivity index (χ4v) is 1.88. The van der Waals surface area contributed by atoms with Gasteiger partial charge in [-0.2, -0.15) is 0 Å². The molecule has 2 heterocycles. The van der Waals surface area contributed by atoms with Gasteiger partial charge in [-0.3, -0.25) is 0 Å². The van der Waals surface area contributed by atoms with Crippen LogP contribution in [0.15, 0.2) is 23.7 Å². The van der Waals surface area contributed by atoms with Gasteiger partial charge in [0.1, 0.15) is 5.82 Å². The predicted octanol–water partition coefficient (Wildman–Crippen LogP) is 2.56. The van der Waals surface area contributed by atoms with Gasteiger partial charge >= 0.3 is 0 Å². The first-order valence-electron chi connectivity index (χ1n) is 4.36. The van der Waals surface area contributed by atoms with E-state index >= 15 is 0 Å². The van der Waals surface area contributed by atoms with E-state index in [0.717, 1.165) is 17.2 Å². The Morgan fingerprint density at radius 2 is 2.29 bits per heavy atom. The topological polar surface area (TPSA) is 37.8 Å². The van der Waals surface area contributed by atoms with Crippen LogP contribution in [0, 0.1) is 6.92 Å². The number of nitrogens with one attached hydrogen (secondary N) is 1. The average Bonchev–Trinajstić information content (AvgIpc) is 2.65. The third kappa shape index (κ3) is 1.75. The summed E-state index contributed by atoms with van der Waals surface area (Å²) in [4.78, 5) is 9.86. The van der Waals surface area contributed by atoms with Gasteiger partial charge in [0.2, 0.25) is 0 Å². The number of rotatable bonds is 2. The lowest BCUT2D eigenvalue weighted by Crippen LogP contribution is -1.94. The molecule has 4 heteroatoms. The summed E-state index contributed by atoms with van der Waals surface area (Å²) in [6, 6.07) is 3.95. The normalized spacial score (nSPS) is 10.1. The minimum absolute atomic E-state index is 0.779. The SMILES string of the molecule is CNc1ccnc(-c2csc(C)c2)n1. The Hall–Kier alpha value is -1.42. The quantitative estimate of drug-likeness (QED) is 0.818. The molecule has 0 aliphatic rings. The third-order valence-corrected chi connectivity index (χ3v) is 2.76. The van der Waals surface area contributed by atoms with E-state index in [-0.39, 0.29) is 0 Å². The molecular formula is C10H11N3S. The fourth-order valence-electron chi connectivity index (χ4n) is 1.20. The van der Waals surface area contributed by atoms with Crippen molar-refractivity contribution >= 4 is 17.2 Å². The zero-order valence-electron chi connectivity index (χ0n) is 8.11. The minimum Gasteiger partial charge on any atom is -0.373 e. The summed E-state index contributed by atoms with van der Waals surface area (Å²) in [6.45, 7) is 2.08. The molecule has 2 aromatic rings. The molecule has 0 fully saturated rings. The molecule has 0 aliphatic carbocycles. The largest absolute Gasteiger partial charge is 0.373 e. The Balaban J connectivity index is 2.41. The maximum absolute atomic E-state index is 4.36. The summed E-state index contributed by atoms with van der Waals surface area (Å²) in [5, 5.41) is 5.07. The van der Waals surface area contributed by atoms with Crippen LogP contribution in [-0.4, -0.2) is 17.0 Å². The van der Waals surface area contributed by atoms with Crippen molar-refractivity contribution in [3.05, 3.63) is 28.6 Å². The molecule has 2 rings (SSSR count). The number of aromatic nitrogens is 2. The van der Waals surface area contributed by atoms with Gasteiger partial charge in [0.05, 0.1) is 0 Å². The van der Waals surface area contributed by atoms with Gasteiger partial charge in [0.25, 0.3) is 0 Å². The van der Waals surface area contributed by atoms with Gasteiger partial charge in [-0.15, -0.1) is 11.3 Å². The molecule has 0 spiro atoms. The Bertz CT molecular complexity index is 436. The Morgan fingerprint density at radius 1 is 1.43 bits per heavy atom. The first-order valence-corrected chi connectivity index (χ1v) is 5.24. The molecule has 0 unspecified atom stereocenters. The Kier molecular flexibility index (Phi) is 2.45. The van der Waals surface area contributed by atoms with Crippen LogP contribution in [0.4, 0.5) is 5.82 Å². The van der Waals surface area contributed by atoms with Gasteiger partial charge in [-0.25, -0.2) is 9.97 Å². The molecule has 0 aromatic carbocycles.